The van der Waals surface area contributed by atoms with Crippen LogP contribution in [-0.2, 0) is 14.2 Å². The summed E-state index contributed by atoms with van der Waals surface area (Å²) in [6.45, 7) is 6.14. The maximum Gasteiger partial charge on any atom is 0.193 e. The summed E-state index contributed by atoms with van der Waals surface area (Å²) < 4.78 is 16.3. The number of likely N-dealkylation sites (tertiary alicyclic amines) is 1. The summed E-state index contributed by atoms with van der Waals surface area (Å²) in [6, 6.07) is 0. The second-order valence-electron chi connectivity index (χ2n) is 6.31. The van der Waals surface area contributed by atoms with Gasteiger partial charge in [0.25, 0.3) is 0 Å². The van der Waals surface area contributed by atoms with Crippen molar-refractivity contribution in [1.29, 1.82) is 0 Å². The molecular weight excluding hydrogens is 433 g/mol. The molecule has 0 bridgehead atoms. The number of piperidine rings is 1. The zero-order chi connectivity index (χ0) is 17.0. The molecule has 1 fully saturated rings. The summed E-state index contributed by atoms with van der Waals surface area (Å²) in [5, 5.41) is 3.50. The Labute approximate surface area is 169 Å². The minimum Gasteiger partial charge on any atom is -0.385 e. The standard InChI is InChI=1S/C18H33N3O3.HI/c1-19-18(20-9-4-16-7-14-23-15-8-16)21-10-5-17(6-11-21)24-13-3-12-22-2;/h7,17H,3-6,8-15H2,1-2H3,(H,19,20);1H. The Morgan fingerprint density at radius 2 is 2.16 bits per heavy atom. The van der Waals surface area contributed by atoms with Crippen LogP contribution in [0.25, 0.3) is 0 Å². The van der Waals surface area contributed by atoms with Crippen LogP contribution in [0.2, 0.25) is 0 Å². The quantitative estimate of drug-likeness (QED) is 0.196. The fourth-order valence-corrected chi connectivity index (χ4v) is 3.15. The Morgan fingerprint density at radius 1 is 1.36 bits per heavy atom. The summed E-state index contributed by atoms with van der Waals surface area (Å²) >= 11 is 0. The Morgan fingerprint density at radius 3 is 2.80 bits per heavy atom. The van der Waals surface area contributed by atoms with Crippen LogP contribution in [0.1, 0.15) is 32.1 Å². The molecule has 0 unspecified atom stereocenters. The van der Waals surface area contributed by atoms with Crippen molar-refractivity contribution in [1.82, 2.24) is 10.2 Å². The largest absolute Gasteiger partial charge is 0.385 e. The number of halogens is 1. The molecule has 2 rings (SSSR count). The van der Waals surface area contributed by atoms with Gasteiger partial charge >= 0.3 is 0 Å². The Hall–Kier alpha value is -0.380. The number of hydrogen-bond donors (Lipinski definition) is 1. The first kappa shape index (κ1) is 22.7. The molecule has 2 aliphatic rings. The van der Waals surface area contributed by atoms with Crippen molar-refractivity contribution in [3.8, 4) is 0 Å². The summed E-state index contributed by atoms with van der Waals surface area (Å²) in [7, 11) is 3.60. The molecule has 146 valence electrons. The van der Waals surface area contributed by atoms with Gasteiger partial charge in [-0.2, -0.15) is 0 Å². The molecule has 0 amide bonds. The van der Waals surface area contributed by atoms with E-state index in [-0.39, 0.29) is 24.0 Å². The average molecular weight is 467 g/mol. The molecule has 6 nitrogen and oxygen atoms in total. The first-order valence-electron chi connectivity index (χ1n) is 9.15. The molecule has 0 aromatic rings. The van der Waals surface area contributed by atoms with Crippen molar-refractivity contribution in [2.45, 2.75) is 38.2 Å². The van der Waals surface area contributed by atoms with Gasteiger partial charge in [0.05, 0.1) is 19.3 Å². The highest BCUT2D eigenvalue weighted by atomic mass is 127. The number of guanidine groups is 1. The van der Waals surface area contributed by atoms with E-state index in [9.17, 15) is 0 Å². The number of rotatable bonds is 8. The van der Waals surface area contributed by atoms with Crippen molar-refractivity contribution in [3.63, 3.8) is 0 Å². The van der Waals surface area contributed by atoms with Crippen LogP contribution < -0.4 is 5.32 Å². The van der Waals surface area contributed by atoms with Gasteiger partial charge in [-0.3, -0.25) is 4.99 Å². The van der Waals surface area contributed by atoms with Crippen LogP contribution in [0.3, 0.4) is 0 Å². The summed E-state index contributed by atoms with van der Waals surface area (Å²) in [5.41, 5.74) is 1.49. The molecular formula is C18H34IN3O3. The lowest BCUT2D eigenvalue weighted by Crippen LogP contribution is -2.47. The number of hydrogen-bond acceptors (Lipinski definition) is 4. The first-order chi connectivity index (χ1) is 11.8. The lowest BCUT2D eigenvalue weighted by molar-refractivity contribution is 0.00992. The average Bonchev–Trinajstić information content (AvgIpc) is 2.64. The van der Waals surface area contributed by atoms with Crippen LogP contribution in [0.15, 0.2) is 16.6 Å². The van der Waals surface area contributed by atoms with Crippen molar-refractivity contribution in [2.24, 2.45) is 4.99 Å². The van der Waals surface area contributed by atoms with Crippen molar-refractivity contribution in [2.75, 3.05) is 60.2 Å². The van der Waals surface area contributed by atoms with E-state index in [0.717, 1.165) is 84.1 Å². The summed E-state index contributed by atoms with van der Waals surface area (Å²) in [4.78, 5) is 6.78. The van der Waals surface area contributed by atoms with Crippen LogP contribution in [0.4, 0.5) is 0 Å². The molecule has 0 aromatic heterocycles. The molecule has 2 heterocycles. The lowest BCUT2D eigenvalue weighted by Gasteiger charge is -2.34. The van der Waals surface area contributed by atoms with Crippen LogP contribution in [-0.4, -0.2) is 77.2 Å². The Bertz CT molecular complexity index is 410. The number of methoxy groups -OCH3 is 1. The number of nitrogens with one attached hydrogen (secondary N) is 1. The zero-order valence-electron chi connectivity index (χ0n) is 15.7. The number of ether oxygens (including phenoxy) is 3. The monoisotopic (exact) mass is 467 g/mol. The van der Waals surface area contributed by atoms with E-state index in [0.29, 0.717) is 6.10 Å². The molecule has 7 heteroatoms. The minimum absolute atomic E-state index is 0. The highest BCUT2D eigenvalue weighted by Gasteiger charge is 2.21. The van der Waals surface area contributed by atoms with Crippen LogP contribution in [0, 0.1) is 0 Å². The van der Waals surface area contributed by atoms with Crippen molar-refractivity contribution in [3.05, 3.63) is 11.6 Å². The van der Waals surface area contributed by atoms with E-state index in [4.69, 9.17) is 14.2 Å². The smallest absolute Gasteiger partial charge is 0.193 e. The summed E-state index contributed by atoms with van der Waals surface area (Å²) in [6.07, 6.45) is 7.82. The number of nitrogens with zero attached hydrogens (tertiary/aromatic N) is 2. The first-order valence-corrected chi connectivity index (χ1v) is 9.15. The topological polar surface area (TPSA) is 55.3 Å². The molecule has 0 saturated carbocycles. The normalized spacial score (nSPS) is 19.4. The van der Waals surface area contributed by atoms with E-state index in [1.54, 1.807) is 7.11 Å². The van der Waals surface area contributed by atoms with Gasteiger partial charge in [-0.05, 0) is 32.1 Å². The van der Waals surface area contributed by atoms with Gasteiger partial charge in [0.1, 0.15) is 0 Å². The Kier molecular flexibility index (Phi) is 12.5. The molecule has 25 heavy (non-hydrogen) atoms. The van der Waals surface area contributed by atoms with Crippen molar-refractivity contribution >= 4 is 29.9 Å². The highest BCUT2D eigenvalue weighted by molar-refractivity contribution is 14.0. The predicted molar refractivity (Wildman–Crippen MR) is 112 cm³/mol. The molecule has 2 aliphatic heterocycles. The van der Waals surface area contributed by atoms with E-state index in [1.165, 1.54) is 5.57 Å². The molecule has 0 spiro atoms. The summed E-state index contributed by atoms with van der Waals surface area (Å²) in [5.74, 6) is 1.01. The predicted octanol–water partition coefficient (Wildman–Crippen LogP) is 2.43. The van der Waals surface area contributed by atoms with Gasteiger partial charge < -0.3 is 24.4 Å². The van der Waals surface area contributed by atoms with E-state index in [2.05, 4.69) is 21.3 Å². The van der Waals surface area contributed by atoms with Crippen LogP contribution >= 0.6 is 24.0 Å². The SMILES string of the molecule is CN=C(NCCC1=CCOCC1)N1CCC(OCCCOC)CC1.I. The highest BCUT2D eigenvalue weighted by Crippen LogP contribution is 2.15. The molecule has 0 aliphatic carbocycles. The molecule has 0 atom stereocenters. The van der Waals surface area contributed by atoms with E-state index in [1.807, 2.05) is 7.05 Å². The molecule has 1 N–H and O–H groups in total. The van der Waals surface area contributed by atoms with Crippen LogP contribution in [0.5, 0.6) is 0 Å². The van der Waals surface area contributed by atoms with Gasteiger partial charge in [0, 0.05) is 47.0 Å². The van der Waals surface area contributed by atoms with E-state index >= 15 is 0 Å². The second-order valence-corrected chi connectivity index (χ2v) is 6.31. The van der Waals surface area contributed by atoms with Gasteiger partial charge in [-0.15, -0.1) is 24.0 Å². The third-order valence-electron chi connectivity index (χ3n) is 4.59. The van der Waals surface area contributed by atoms with Crippen molar-refractivity contribution < 1.29 is 14.2 Å². The molecule has 0 radical (unpaired) electrons. The lowest BCUT2D eigenvalue weighted by atomic mass is 10.1. The maximum atomic E-state index is 5.92. The second kappa shape index (κ2) is 13.8. The Balaban J connectivity index is 0.00000312. The van der Waals surface area contributed by atoms with Gasteiger partial charge in [-0.1, -0.05) is 11.6 Å². The third-order valence-corrected chi connectivity index (χ3v) is 4.59. The zero-order valence-corrected chi connectivity index (χ0v) is 18.0. The fourth-order valence-electron chi connectivity index (χ4n) is 3.15. The van der Waals surface area contributed by atoms with E-state index < -0.39 is 0 Å². The third kappa shape index (κ3) is 8.70. The minimum atomic E-state index is 0. The number of aliphatic imine (C=N–C) groups is 1. The molecule has 1 saturated heterocycles. The fraction of sp³-hybridized carbons (Fsp3) is 0.833. The molecule has 0 aromatic carbocycles. The van der Waals surface area contributed by atoms with Gasteiger partial charge in [0.15, 0.2) is 5.96 Å². The van der Waals surface area contributed by atoms with Gasteiger partial charge in [0.2, 0.25) is 0 Å². The van der Waals surface area contributed by atoms with Gasteiger partial charge in [-0.25, -0.2) is 0 Å². The maximum absolute atomic E-state index is 5.92.